The third kappa shape index (κ3) is 4.69. The topological polar surface area (TPSA) is 65.1 Å². The molecule has 1 N–H and O–H groups in total. The molecule has 1 unspecified atom stereocenters. The normalized spacial score (nSPS) is 20.1. The van der Waals surface area contributed by atoms with Crippen molar-refractivity contribution in [1.82, 2.24) is 14.7 Å². The summed E-state index contributed by atoms with van der Waals surface area (Å²) < 4.78 is 6.45. The van der Waals surface area contributed by atoms with Crippen LogP contribution in [0.4, 0.5) is 10.5 Å². The Kier molecular flexibility index (Phi) is 6.84. The third-order valence-corrected chi connectivity index (χ3v) is 7.67. The molecule has 3 aliphatic heterocycles. The molecule has 8 heteroatoms. The zero-order chi connectivity index (χ0) is 24.5. The maximum absolute atomic E-state index is 13.0. The molecule has 0 saturated carbocycles. The summed E-state index contributed by atoms with van der Waals surface area (Å²) in [6, 6.07) is 13.8. The highest BCUT2D eigenvalue weighted by molar-refractivity contribution is 9.10. The summed E-state index contributed by atoms with van der Waals surface area (Å²) >= 11 is 3.61. The maximum atomic E-state index is 13.0. The molecular formula is C27H31BrN4O3. The van der Waals surface area contributed by atoms with Crippen molar-refractivity contribution < 1.29 is 14.3 Å². The molecule has 7 nitrogen and oxygen atoms in total. The Labute approximate surface area is 214 Å². The minimum Gasteiger partial charge on any atom is -0.450 e. The van der Waals surface area contributed by atoms with Crippen LogP contribution in [0.3, 0.4) is 0 Å². The van der Waals surface area contributed by atoms with Crippen molar-refractivity contribution in [2.75, 3.05) is 58.2 Å². The van der Waals surface area contributed by atoms with Gasteiger partial charge in [0.1, 0.15) is 0 Å². The summed E-state index contributed by atoms with van der Waals surface area (Å²) in [5, 5.41) is 3.53. The molecule has 184 valence electrons. The minimum atomic E-state index is -0.304. The van der Waals surface area contributed by atoms with E-state index in [2.05, 4.69) is 45.3 Å². The minimum absolute atomic E-state index is 0.0635. The number of halogens is 1. The average molecular weight is 539 g/mol. The number of benzene rings is 2. The number of nitrogens with one attached hydrogen (secondary N) is 1. The monoisotopic (exact) mass is 538 g/mol. The molecule has 2 aromatic rings. The second kappa shape index (κ2) is 10.0. The van der Waals surface area contributed by atoms with Crippen molar-refractivity contribution in [2.24, 2.45) is 0 Å². The summed E-state index contributed by atoms with van der Waals surface area (Å²) in [7, 11) is 2.08. The summed E-state index contributed by atoms with van der Waals surface area (Å²) in [5.41, 5.74) is 6.41. The molecule has 0 bridgehead atoms. The van der Waals surface area contributed by atoms with Gasteiger partial charge in [-0.25, -0.2) is 4.79 Å². The number of ether oxygens (including phenoxy) is 1. The van der Waals surface area contributed by atoms with Gasteiger partial charge < -0.3 is 19.9 Å². The summed E-state index contributed by atoms with van der Waals surface area (Å²) in [6.07, 6.45) is 0.470. The lowest BCUT2D eigenvalue weighted by Gasteiger charge is -2.41. The smallest absolute Gasteiger partial charge is 0.410 e. The van der Waals surface area contributed by atoms with Crippen LogP contribution in [0.2, 0.25) is 0 Å². The predicted molar refractivity (Wildman–Crippen MR) is 140 cm³/mol. The molecule has 1 fully saturated rings. The van der Waals surface area contributed by atoms with E-state index < -0.39 is 0 Å². The Morgan fingerprint density at radius 2 is 1.80 bits per heavy atom. The Bertz CT molecular complexity index is 1160. The third-order valence-electron chi connectivity index (χ3n) is 7.17. The van der Waals surface area contributed by atoms with Gasteiger partial charge in [-0.05, 0) is 67.4 Å². The number of anilines is 1. The second-order valence-electron chi connectivity index (χ2n) is 9.31. The molecule has 1 atom stereocenters. The van der Waals surface area contributed by atoms with Gasteiger partial charge in [0.15, 0.2) is 0 Å². The maximum Gasteiger partial charge on any atom is 0.410 e. The number of carbonyl (C=O) groups is 2. The van der Waals surface area contributed by atoms with Gasteiger partial charge in [-0.3, -0.25) is 9.69 Å². The van der Waals surface area contributed by atoms with E-state index in [0.717, 1.165) is 48.3 Å². The van der Waals surface area contributed by atoms with Gasteiger partial charge >= 0.3 is 6.09 Å². The zero-order valence-electron chi connectivity index (χ0n) is 20.2. The average Bonchev–Trinajstić information content (AvgIpc) is 2.88. The molecule has 0 radical (unpaired) electrons. The van der Waals surface area contributed by atoms with E-state index in [9.17, 15) is 9.59 Å². The van der Waals surface area contributed by atoms with Crippen LogP contribution in [0.1, 0.15) is 40.9 Å². The van der Waals surface area contributed by atoms with Crippen LogP contribution in [-0.2, 0) is 4.74 Å². The van der Waals surface area contributed by atoms with E-state index >= 15 is 0 Å². The van der Waals surface area contributed by atoms with Crippen molar-refractivity contribution in [3.63, 3.8) is 0 Å². The first-order valence-corrected chi connectivity index (χ1v) is 13.0. The summed E-state index contributed by atoms with van der Waals surface area (Å²) in [5.74, 6) is 0.0635. The van der Waals surface area contributed by atoms with Crippen molar-refractivity contribution in [3.8, 4) is 0 Å². The first-order chi connectivity index (χ1) is 17.0. The predicted octanol–water partition coefficient (Wildman–Crippen LogP) is 4.62. The molecule has 0 spiro atoms. The molecule has 1 saturated heterocycles. The molecule has 3 aliphatic rings. The van der Waals surface area contributed by atoms with E-state index in [1.54, 1.807) is 0 Å². The van der Waals surface area contributed by atoms with Crippen LogP contribution in [0, 0.1) is 0 Å². The fourth-order valence-corrected chi connectivity index (χ4v) is 5.64. The van der Waals surface area contributed by atoms with Crippen LogP contribution in [0.25, 0.3) is 5.57 Å². The van der Waals surface area contributed by atoms with E-state index in [0.29, 0.717) is 25.3 Å². The van der Waals surface area contributed by atoms with Gasteiger partial charge in [0, 0.05) is 60.6 Å². The number of carbonyl (C=O) groups excluding carboxylic acids is 2. The number of hydrogen-bond donors (Lipinski definition) is 1. The molecule has 2 aromatic carbocycles. The van der Waals surface area contributed by atoms with Gasteiger partial charge in [0.05, 0.1) is 12.6 Å². The molecule has 5 rings (SSSR count). The fourth-order valence-electron chi connectivity index (χ4n) is 5.28. The van der Waals surface area contributed by atoms with Crippen molar-refractivity contribution in [1.29, 1.82) is 0 Å². The van der Waals surface area contributed by atoms with Gasteiger partial charge in [0.25, 0.3) is 5.91 Å². The van der Waals surface area contributed by atoms with Crippen LogP contribution >= 0.6 is 15.9 Å². The zero-order valence-corrected chi connectivity index (χ0v) is 21.8. The van der Waals surface area contributed by atoms with Gasteiger partial charge in [0.2, 0.25) is 0 Å². The van der Waals surface area contributed by atoms with E-state index in [4.69, 9.17) is 4.74 Å². The largest absolute Gasteiger partial charge is 0.450 e. The number of rotatable bonds is 3. The number of piperazine rings is 1. The lowest BCUT2D eigenvalue weighted by Crippen LogP contribution is -2.47. The number of likely N-dealkylation sites (N-methyl/N-ethyl adjacent to an activating group) is 1. The summed E-state index contributed by atoms with van der Waals surface area (Å²) in [4.78, 5) is 32.0. The van der Waals surface area contributed by atoms with Crippen molar-refractivity contribution in [2.45, 2.75) is 19.4 Å². The Morgan fingerprint density at radius 3 is 2.51 bits per heavy atom. The SMILES string of the molecule is CCOC(=O)N1CCC2=C(CNc3ccc(Br)cc32)C1c1ccc(C(=O)N2CCN(C)CC2)cc1. The van der Waals surface area contributed by atoms with Crippen LogP contribution in [0.5, 0.6) is 0 Å². The van der Waals surface area contributed by atoms with Crippen LogP contribution < -0.4 is 5.32 Å². The summed E-state index contributed by atoms with van der Waals surface area (Å²) in [6.45, 7) is 6.67. The second-order valence-corrected chi connectivity index (χ2v) is 10.2. The lowest BCUT2D eigenvalue weighted by molar-refractivity contribution is 0.0663. The fraction of sp³-hybridized carbons (Fsp3) is 0.407. The highest BCUT2D eigenvalue weighted by Crippen LogP contribution is 2.45. The lowest BCUT2D eigenvalue weighted by atomic mass is 9.82. The van der Waals surface area contributed by atoms with Crippen LogP contribution in [-0.4, -0.2) is 79.6 Å². The number of hydrogen-bond acceptors (Lipinski definition) is 5. The van der Waals surface area contributed by atoms with Gasteiger partial charge in [-0.2, -0.15) is 0 Å². The van der Waals surface area contributed by atoms with Gasteiger partial charge in [-0.1, -0.05) is 28.1 Å². The van der Waals surface area contributed by atoms with Crippen molar-refractivity contribution >= 4 is 39.2 Å². The molecule has 0 aliphatic carbocycles. The van der Waals surface area contributed by atoms with Crippen LogP contribution in [0.15, 0.2) is 52.5 Å². The Balaban J connectivity index is 1.48. The Hall–Kier alpha value is -2.84. The quantitative estimate of drug-likeness (QED) is 0.617. The highest BCUT2D eigenvalue weighted by atomic mass is 79.9. The number of amides is 2. The first-order valence-electron chi connectivity index (χ1n) is 12.2. The van der Waals surface area contributed by atoms with E-state index in [1.807, 2.05) is 47.1 Å². The molecule has 3 heterocycles. The molecule has 35 heavy (non-hydrogen) atoms. The Morgan fingerprint density at radius 1 is 1.06 bits per heavy atom. The van der Waals surface area contributed by atoms with Crippen molar-refractivity contribution in [3.05, 3.63) is 69.2 Å². The van der Waals surface area contributed by atoms with E-state index in [-0.39, 0.29) is 18.0 Å². The molecule has 0 aromatic heterocycles. The first kappa shape index (κ1) is 23.9. The van der Waals surface area contributed by atoms with E-state index in [1.165, 1.54) is 16.7 Å². The highest BCUT2D eigenvalue weighted by Gasteiger charge is 2.37. The van der Waals surface area contributed by atoms with Gasteiger partial charge in [-0.15, -0.1) is 0 Å². The standard InChI is InChI=1S/C27H31BrN4O3/c1-3-35-27(34)32-11-10-21-22-16-20(28)8-9-24(22)29-17-23(21)25(32)18-4-6-19(7-5-18)26(33)31-14-12-30(2)13-15-31/h4-9,16,25,29H,3,10-15,17H2,1-2H3. The number of fused-ring (bicyclic) bond motifs is 2. The molecular weight excluding hydrogens is 508 g/mol. The number of nitrogens with zero attached hydrogens (tertiary/aromatic N) is 3. The molecule has 2 amide bonds.